The molecule has 3 aromatic carbocycles. The number of carbonyl (C=O) groups is 2. The average Bonchev–Trinajstić information content (AvgIpc) is 2.83. The summed E-state index contributed by atoms with van der Waals surface area (Å²) in [4.78, 5) is 23.8. The molecule has 172 valence electrons. The van der Waals surface area contributed by atoms with Crippen molar-refractivity contribution in [1.29, 1.82) is 0 Å². The van der Waals surface area contributed by atoms with Gasteiger partial charge in [-0.3, -0.25) is 9.59 Å². The Morgan fingerprint density at radius 3 is 1.91 bits per heavy atom. The lowest BCUT2D eigenvalue weighted by molar-refractivity contribution is -0.141. The van der Waals surface area contributed by atoms with Gasteiger partial charge in [0.25, 0.3) is 5.91 Å². The number of rotatable bonds is 11. The maximum absolute atomic E-state index is 12.4. The van der Waals surface area contributed by atoms with E-state index in [1.54, 1.807) is 6.92 Å². The van der Waals surface area contributed by atoms with Crippen molar-refractivity contribution in [3.8, 4) is 11.1 Å². The van der Waals surface area contributed by atoms with Gasteiger partial charge in [0, 0.05) is 17.1 Å². The van der Waals surface area contributed by atoms with Crippen molar-refractivity contribution < 1.29 is 14.3 Å². The van der Waals surface area contributed by atoms with E-state index in [9.17, 15) is 9.59 Å². The third-order valence-electron chi connectivity index (χ3n) is 5.21. The van der Waals surface area contributed by atoms with Crippen LogP contribution >= 0.6 is 11.6 Å². The molecular weight excluding hydrogens is 436 g/mol. The van der Waals surface area contributed by atoms with Crippen molar-refractivity contribution in [2.75, 3.05) is 26.2 Å². The standard InChI is InChI=1S/C27H29ClN2O3/c1-2-33-26(31)19-29-17-15-20-3-5-21(6-4-20)16-18-30-27(32)24-9-7-22(8-10-24)23-11-13-25(28)14-12-23/h3-14,29H,2,15-19H2,1H3,(H,30,32). The van der Waals surface area contributed by atoms with E-state index in [1.807, 2.05) is 48.5 Å². The monoisotopic (exact) mass is 464 g/mol. The lowest BCUT2D eigenvalue weighted by atomic mass is 10.0. The second-order valence-electron chi connectivity index (χ2n) is 7.64. The Labute approximate surface area is 200 Å². The SMILES string of the molecule is CCOC(=O)CNCCc1ccc(CCNC(=O)c2ccc(-c3ccc(Cl)cc3)cc2)cc1. The molecule has 0 radical (unpaired) electrons. The molecule has 0 heterocycles. The molecule has 0 aliphatic carbocycles. The molecule has 5 nitrogen and oxygen atoms in total. The molecule has 0 spiro atoms. The van der Waals surface area contributed by atoms with Crippen LogP contribution in [0, 0.1) is 0 Å². The number of amides is 1. The summed E-state index contributed by atoms with van der Waals surface area (Å²) in [5, 5.41) is 6.77. The van der Waals surface area contributed by atoms with Gasteiger partial charge in [-0.15, -0.1) is 0 Å². The summed E-state index contributed by atoms with van der Waals surface area (Å²) >= 11 is 5.94. The second kappa shape index (κ2) is 12.8. The highest BCUT2D eigenvalue weighted by Crippen LogP contribution is 2.21. The van der Waals surface area contributed by atoms with Crippen molar-refractivity contribution in [2.45, 2.75) is 19.8 Å². The molecule has 3 aromatic rings. The Hall–Kier alpha value is -3.15. The number of carbonyl (C=O) groups excluding carboxylic acids is 2. The highest BCUT2D eigenvalue weighted by atomic mass is 35.5. The van der Waals surface area contributed by atoms with Gasteiger partial charge in [-0.25, -0.2) is 0 Å². The number of nitrogens with one attached hydrogen (secondary N) is 2. The van der Waals surface area contributed by atoms with Crippen LogP contribution in [0.4, 0.5) is 0 Å². The molecule has 2 N–H and O–H groups in total. The summed E-state index contributed by atoms with van der Waals surface area (Å²) < 4.78 is 4.88. The summed E-state index contributed by atoms with van der Waals surface area (Å²) in [6.45, 7) is 3.71. The van der Waals surface area contributed by atoms with Gasteiger partial charge in [-0.05, 0) is 72.8 Å². The summed E-state index contributed by atoms with van der Waals surface area (Å²) in [5.74, 6) is -0.311. The topological polar surface area (TPSA) is 67.4 Å². The van der Waals surface area contributed by atoms with Crippen molar-refractivity contribution >= 4 is 23.5 Å². The Bertz CT molecular complexity index is 1030. The van der Waals surface area contributed by atoms with Gasteiger partial charge < -0.3 is 15.4 Å². The smallest absolute Gasteiger partial charge is 0.319 e. The molecular formula is C27H29ClN2O3. The van der Waals surface area contributed by atoms with Crippen LogP contribution in [0.2, 0.25) is 5.02 Å². The van der Waals surface area contributed by atoms with E-state index in [-0.39, 0.29) is 18.4 Å². The highest BCUT2D eigenvalue weighted by molar-refractivity contribution is 6.30. The summed E-state index contributed by atoms with van der Waals surface area (Å²) in [5.41, 5.74) is 5.10. The first kappa shape index (κ1) is 24.5. The first-order valence-electron chi connectivity index (χ1n) is 11.1. The van der Waals surface area contributed by atoms with Gasteiger partial charge in [0.05, 0.1) is 13.2 Å². The van der Waals surface area contributed by atoms with Crippen LogP contribution < -0.4 is 10.6 Å². The fourth-order valence-electron chi connectivity index (χ4n) is 3.39. The lowest BCUT2D eigenvalue weighted by Crippen LogP contribution is -2.26. The molecule has 0 saturated heterocycles. The Morgan fingerprint density at radius 2 is 1.33 bits per heavy atom. The molecule has 0 aromatic heterocycles. The molecule has 6 heteroatoms. The van der Waals surface area contributed by atoms with Crippen molar-refractivity contribution in [3.05, 3.63) is 94.5 Å². The van der Waals surface area contributed by atoms with E-state index in [0.717, 1.165) is 29.5 Å². The number of benzene rings is 3. The van der Waals surface area contributed by atoms with Crippen molar-refractivity contribution in [3.63, 3.8) is 0 Å². The van der Waals surface area contributed by atoms with Crippen LogP contribution in [-0.4, -0.2) is 38.1 Å². The van der Waals surface area contributed by atoms with E-state index in [4.69, 9.17) is 16.3 Å². The lowest BCUT2D eigenvalue weighted by Gasteiger charge is -2.08. The Balaban J connectivity index is 1.39. The zero-order chi connectivity index (χ0) is 23.5. The van der Waals surface area contributed by atoms with E-state index >= 15 is 0 Å². The van der Waals surface area contributed by atoms with Crippen molar-refractivity contribution in [2.24, 2.45) is 0 Å². The zero-order valence-electron chi connectivity index (χ0n) is 18.8. The predicted molar refractivity (Wildman–Crippen MR) is 133 cm³/mol. The van der Waals surface area contributed by atoms with Crippen molar-refractivity contribution in [1.82, 2.24) is 10.6 Å². The van der Waals surface area contributed by atoms with Crippen LogP contribution in [0.1, 0.15) is 28.4 Å². The van der Waals surface area contributed by atoms with E-state index < -0.39 is 0 Å². The first-order chi connectivity index (χ1) is 16.0. The minimum absolute atomic E-state index is 0.0815. The van der Waals surface area contributed by atoms with Gasteiger partial charge >= 0.3 is 5.97 Å². The van der Waals surface area contributed by atoms with Crippen LogP contribution in [0.5, 0.6) is 0 Å². The number of ether oxygens (including phenoxy) is 1. The Morgan fingerprint density at radius 1 is 0.788 bits per heavy atom. The minimum atomic E-state index is -0.229. The first-order valence-corrected chi connectivity index (χ1v) is 11.5. The predicted octanol–water partition coefficient (Wildman–Crippen LogP) is 4.67. The molecule has 33 heavy (non-hydrogen) atoms. The van der Waals surface area contributed by atoms with Crippen LogP contribution in [0.15, 0.2) is 72.8 Å². The highest BCUT2D eigenvalue weighted by Gasteiger charge is 2.06. The zero-order valence-corrected chi connectivity index (χ0v) is 19.5. The summed E-state index contributed by atoms with van der Waals surface area (Å²) in [6, 6.07) is 23.5. The molecule has 1 amide bonds. The maximum atomic E-state index is 12.4. The van der Waals surface area contributed by atoms with Gasteiger partial charge in [-0.2, -0.15) is 0 Å². The molecule has 0 bridgehead atoms. The third kappa shape index (κ3) is 8.04. The molecule has 0 fully saturated rings. The molecule has 0 unspecified atom stereocenters. The van der Waals surface area contributed by atoms with Crippen LogP contribution in [-0.2, 0) is 22.4 Å². The van der Waals surface area contributed by atoms with E-state index in [2.05, 4.69) is 34.9 Å². The normalized spacial score (nSPS) is 10.6. The molecule has 0 saturated carbocycles. The summed E-state index contributed by atoms with van der Waals surface area (Å²) in [7, 11) is 0. The number of halogens is 1. The molecule has 3 rings (SSSR count). The molecule has 0 aliphatic rings. The average molecular weight is 465 g/mol. The number of hydrogen-bond donors (Lipinski definition) is 2. The fraction of sp³-hybridized carbons (Fsp3) is 0.259. The number of hydrogen-bond acceptors (Lipinski definition) is 4. The third-order valence-corrected chi connectivity index (χ3v) is 5.46. The Kier molecular flexibility index (Phi) is 9.48. The maximum Gasteiger partial charge on any atom is 0.319 e. The number of esters is 1. The van der Waals surface area contributed by atoms with Gasteiger partial charge in [0.2, 0.25) is 0 Å². The van der Waals surface area contributed by atoms with Gasteiger partial charge in [0.15, 0.2) is 0 Å². The van der Waals surface area contributed by atoms with E-state index in [1.165, 1.54) is 5.56 Å². The van der Waals surface area contributed by atoms with Gasteiger partial charge in [0.1, 0.15) is 0 Å². The minimum Gasteiger partial charge on any atom is -0.465 e. The fourth-order valence-corrected chi connectivity index (χ4v) is 3.51. The molecule has 0 atom stereocenters. The second-order valence-corrected chi connectivity index (χ2v) is 8.07. The largest absolute Gasteiger partial charge is 0.465 e. The summed E-state index contributed by atoms with van der Waals surface area (Å²) in [6.07, 6.45) is 1.60. The van der Waals surface area contributed by atoms with E-state index in [0.29, 0.717) is 30.3 Å². The van der Waals surface area contributed by atoms with Gasteiger partial charge in [-0.1, -0.05) is 60.1 Å². The molecule has 0 aliphatic heterocycles. The van der Waals surface area contributed by atoms with Crippen LogP contribution in [0.25, 0.3) is 11.1 Å². The quantitative estimate of drug-likeness (QED) is 0.319. The van der Waals surface area contributed by atoms with Crippen LogP contribution in [0.3, 0.4) is 0 Å².